The number of carbonyl (C=O) groups excluding carboxylic acids is 1. The number of rotatable bonds is 5. The van der Waals surface area contributed by atoms with Gasteiger partial charge < -0.3 is 15.1 Å². The number of anilines is 1. The Labute approximate surface area is 116 Å². The van der Waals surface area contributed by atoms with Gasteiger partial charge in [-0.1, -0.05) is 6.07 Å². The molecule has 0 spiro atoms. The summed E-state index contributed by atoms with van der Waals surface area (Å²) in [5.74, 6) is 1.23. The van der Waals surface area contributed by atoms with Crippen molar-refractivity contribution in [1.29, 1.82) is 0 Å². The van der Waals surface area contributed by atoms with Crippen molar-refractivity contribution in [2.75, 3.05) is 18.5 Å². The second-order valence-electron chi connectivity index (χ2n) is 4.19. The van der Waals surface area contributed by atoms with E-state index in [1.165, 1.54) is 11.8 Å². The number of nitrogens with two attached hydrogens (primary N) is 1. The van der Waals surface area contributed by atoms with Gasteiger partial charge in [-0.25, -0.2) is 0 Å². The maximum absolute atomic E-state index is 12.0. The molecule has 0 unspecified atom stereocenters. The third kappa shape index (κ3) is 4.06. The second-order valence-corrected chi connectivity index (χ2v) is 5.24. The van der Waals surface area contributed by atoms with E-state index in [0.29, 0.717) is 18.0 Å². The molecule has 2 aromatic rings. The fourth-order valence-electron chi connectivity index (χ4n) is 1.58. The van der Waals surface area contributed by atoms with Crippen LogP contribution >= 0.6 is 11.8 Å². The van der Waals surface area contributed by atoms with Crippen LogP contribution in [0.3, 0.4) is 0 Å². The van der Waals surface area contributed by atoms with E-state index in [4.69, 9.17) is 10.2 Å². The molecule has 0 atom stereocenters. The molecule has 1 aromatic carbocycles. The van der Waals surface area contributed by atoms with E-state index in [1.807, 2.05) is 36.4 Å². The number of nitrogen functional groups attached to an aromatic ring is 1. The first-order valence-corrected chi connectivity index (χ1v) is 6.88. The molecule has 0 aliphatic heterocycles. The Morgan fingerprint density at radius 2 is 2.21 bits per heavy atom. The minimum atomic E-state index is 0.0591. The Balaban J connectivity index is 1.84. The van der Waals surface area contributed by atoms with Crippen LogP contribution in [-0.4, -0.2) is 23.6 Å². The van der Waals surface area contributed by atoms with Crippen LogP contribution in [0.15, 0.2) is 52.0 Å². The molecule has 5 heteroatoms. The zero-order valence-electron chi connectivity index (χ0n) is 10.7. The molecule has 19 heavy (non-hydrogen) atoms. The standard InChI is InChI=1S/C14H16N2O2S/c1-16(9-12-5-3-7-18-12)14(17)10-19-13-6-2-4-11(15)8-13/h2-8H,9-10,15H2,1H3. The van der Waals surface area contributed by atoms with Gasteiger partial charge in [0.05, 0.1) is 18.6 Å². The monoisotopic (exact) mass is 276 g/mol. The third-order valence-corrected chi connectivity index (χ3v) is 3.60. The molecule has 2 N–H and O–H groups in total. The van der Waals surface area contributed by atoms with E-state index < -0.39 is 0 Å². The summed E-state index contributed by atoms with van der Waals surface area (Å²) >= 11 is 1.48. The van der Waals surface area contributed by atoms with Crippen molar-refractivity contribution in [1.82, 2.24) is 4.90 Å². The zero-order chi connectivity index (χ0) is 13.7. The maximum Gasteiger partial charge on any atom is 0.233 e. The normalized spacial score (nSPS) is 10.4. The summed E-state index contributed by atoms with van der Waals surface area (Å²) in [6.07, 6.45) is 1.61. The molecule has 1 aromatic heterocycles. The average molecular weight is 276 g/mol. The van der Waals surface area contributed by atoms with Gasteiger partial charge in [-0.05, 0) is 30.3 Å². The molecular formula is C14H16N2O2S. The van der Waals surface area contributed by atoms with Crippen LogP contribution in [0.25, 0.3) is 0 Å². The number of hydrogen-bond donors (Lipinski definition) is 1. The first-order chi connectivity index (χ1) is 9.15. The van der Waals surface area contributed by atoms with Crippen molar-refractivity contribution < 1.29 is 9.21 Å². The van der Waals surface area contributed by atoms with Gasteiger partial charge in [0.25, 0.3) is 0 Å². The van der Waals surface area contributed by atoms with Crippen molar-refractivity contribution >= 4 is 23.4 Å². The topological polar surface area (TPSA) is 59.5 Å². The van der Waals surface area contributed by atoms with Gasteiger partial charge in [0.1, 0.15) is 5.76 Å². The largest absolute Gasteiger partial charge is 0.467 e. The highest BCUT2D eigenvalue weighted by Gasteiger charge is 2.11. The van der Waals surface area contributed by atoms with Crippen LogP contribution in [0.5, 0.6) is 0 Å². The number of thioether (sulfide) groups is 1. The van der Waals surface area contributed by atoms with Crippen LogP contribution in [0.4, 0.5) is 5.69 Å². The van der Waals surface area contributed by atoms with Crippen molar-refractivity contribution in [2.45, 2.75) is 11.4 Å². The highest BCUT2D eigenvalue weighted by Crippen LogP contribution is 2.20. The van der Waals surface area contributed by atoms with E-state index in [9.17, 15) is 4.79 Å². The summed E-state index contributed by atoms with van der Waals surface area (Å²) in [6.45, 7) is 0.489. The lowest BCUT2D eigenvalue weighted by Crippen LogP contribution is -2.27. The molecule has 0 saturated heterocycles. The van der Waals surface area contributed by atoms with Crippen LogP contribution in [0, 0.1) is 0 Å². The van der Waals surface area contributed by atoms with Crippen LogP contribution in [0.2, 0.25) is 0 Å². The zero-order valence-corrected chi connectivity index (χ0v) is 11.5. The van der Waals surface area contributed by atoms with Crippen molar-refractivity contribution in [3.63, 3.8) is 0 Å². The minimum Gasteiger partial charge on any atom is -0.467 e. The molecule has 2 rings (SSSR count). The van der Waals surface area contributed by atoms with Gasteiger partial charge in [-0.3, -0.25) is 4.79 Å². The van der Waals surface area contributed by atoms with Gasteiger partial charge >= 0.3 is 0 Å². The Bertz CT molecular complexity index is 540. The number of amides is 1. The van der Waals surface area contributed by atoms with Gasteiger partial charge in [-0.2, -0.15) is 0 Å². The van der Waals surface area contributed by atoms with Gasteiger partial charge in [0.2, 0.25) is 5.91 Å². The summed E-state index contributed by atoms with van der Waals surface area (Å²) in [5, 5.41) is 0. The van der Waals surface area contributed by atoms with E-state index in [0.717, 1.165) is 10.7 Å². The number of benzene rings is 1. The number of furan rings is 1. The predicted molar refractivity (Wildman–Crippen MR) is 76.8 cm³/mol. The Kier molecular flexibility index (Phi) is 4.52. The summed E-state index contributed by atoms with van der Waals surface area (Å²) in [7, 11) is 1.77. The highest BCUT2D eigenvalue weighted by molar-refractivity contribution is 8.00. The Hall–Kier alpha value is -1.88. The SMILES string of the molecule is CN(Cc1ccco1)C(=O)CSc1cccc(N)c1. The summed E-state index contributed by atoms with van der Waals surface area (Å²) in [4.78, 5) is 14.6. The summed E-state index contributed by atoms with van der Waals surface area (Å²) in [6, 6.07) is 11.2. The fourth-order valence-corrected chi connectivity index (χ4v) is 2.49. The van der Waals surface area contributed by atoms with E-state index >= 15 is 0 Å². The lowest BCUT2D eigenvalue weighted by atomic mass is 10.3. The molecule has 0 aliphatic carbocycles. The molecule has 100 valence electrons. The fraction of sp³-hybridized carbons (Fsp3) is 0.214. The molecule has 4 nitrogen and oxygen atoms in total. The molecular weight excluding hydrogens is 260 g/mol. The number of carbonyl (C=O) groups is 1. The average Bonchev–Trinajstić information content (AvgIpc) is 2.89. The maximum atomic E-state index is 12.0. The van der Waals surface area contributed by atoms with Crippen LogP contribution in [0.1, 0.15) is 5.76 Å². The lowest BCUT2D eigenvalue weighted by molar-refractivity contribution is -0.127. The van der Waals surface area contributed by atoms with Crippen LogP contribution < -0.4 is 5.73 Å². The van der Waals surface area contributed by atoms with E-state index in [2.05, 4.69) is 0 Å². The van der Waals surface area contributed by atoms with Crippen molar-refractivity contribution in [2.24, 2.45) is 0 Å². The van der Waals surface area contributed by atoms with Gasteiger partial charge in [0.15, 0.2) is 0 Å². The lowest BCUT2D eigenvalue weighted by Gasteiger charge is -2.15. The summed E-state index contributed by atoms with van der Waals surface area (Å²) in [5.41, 5.74) is 6.40. The molecule has 0 aliphatic rings. The van der Waals surface area contributed by atoms with Crippen molar-refractivity contribution in [3.05, 3.63) is 48.4 Å². The van der Waals surface area contributed by atoms with Crippen molar-refractivity contribution in [3.8, 4) is 0 Å². The smallest absolute Gasteiger partial charge is 0.233 e. The molecule has 1 heterocycles. The molecule has 1 amide bonds. The third-order valence-electron chi connectivity index (χ3n) is 2.62. The minimum absolute atomic E-state index is 0.0591. The van der Waals surface area contributed by atoms with Gasteiger partial charge in [-0.15, -0.1) is 11.8 Å². The van der Waals surface area contributed by atoms with E-state index in [1.54, 1.807) is 18.2 Å². The second kappa shape index (κ2) is 6.33. The number of hydrogen-bond acceptors (Lipinski definition) is 4. The quantitative estimate of drug-likeness (QED) is 0.673. The Morgan fingerprint density at radius 3 is 2.89 bits per heavy atom. The van der Waals surface area contributed by atoms with Gasteiger partial charge in [0, 0.05) is 17.6 Å². The highest BCUT2D eigenvalue weighted by atomic mass is 32.2. The Morgan fingerprint density at radius 1 is 1.37 bits per heavy atom. The summed E-state index contributed by atoms with van der Waals surface area (Å²) < 4.78 is 5.22. The molecule has 0 saturated carbocycles. The number of nitrogens with zero attached hydrogens (tertiary/aromatic N) is 1. The van der Waals surface area contributed by atoms with Crippen LogP contribution in [-0.2, 0) is 11.3 Å². The predicted octanol–water partition coefficient (Wildman–Crippen LogP) is 2.61. The molecule has 0 bridgehead atoms. The molecule has 0 radical (unpaired) electrons. The molecule has 0 fully saturated rings. The van der Waals surface area contributed by atoms with E-state index in [-0.39, 0.29) is 5.91 Å². The first-order valence-electron chi connectivity index (χ1n) is 5.90. The first kappa shape index (κ1) is 13.5.